The molecule has 3 unspecified atom stereocenters. The van der Waals surface area contributed by atoms with Crippen molar-refractivity contribution in [1.29, 1.82) is 0 Å². The average molecular weight is 493 g/mol. The van der Waals surface area contributed by atoms with E-state index >= 15 is 0 Å². The number of unbranched alkanes of at least 4 members (excludes halogenated alkanes) is 2. The van der Waals surface area contributed by atoms with Gasteiger partial charge in [-0.15, -0.1) is 0 Å². The van der Waals surface area contributed by atoms with Gasteiger partial charge in [0.05, 0.1) is 37.6 Å². The van der Waals surface area contributed by atoms with Crippen molar-refractivity contribution in [1.82, 2.24) is 0 Å². The maximum atomic E-state index is 12.1. The van der Waals surface area contributed by atoms with Gasteiger partial charge in [0.25, 0.3) is 0 Å². The fourth-order valence-corrected chi connectivity index (χ4v) is 6.22. The third-order valence-corrected chi connectivity index (χ3v) is 8.47. The molecule has 2 aliphatic carbocycles. The van der Waals surface area contributed by atoms with Gasteiger partial charge in [-0.2, -0.15) is 0 Å². The second kappa shape index (κ2) is 15.5. The first-order valence-corrected chi connectivity index (χ1v) is 13.7. The summed E-state index contributed by atoms with van der Waals surface area (Å²) in [4.78, 5) is 24.1. The number of ether oxygens (including phenoxy) is 2. The van der Waals surface area contributed by atoms with Crippen LogP contribution < -0.4 is 0 Å². The Morgan fingerprint density at radius 2 is 1.40 bits per heavy atom. The largest absolute Gasteiger partial charge is 0.462 e. The predicted octanol–water partition coefficient (Wildman–Crippen LogP) is 5.23. The van der Waals surface area contributed by atoms with E-state index < -0.39 is 25.2 Å². The summed E-state index contributed by atoms with van der Waals surface area (Å²) in [6.07, 6.45) is 14.2. The molecule has 0 bridgehead atoms. The molecule has 2 N–H and O–H groups in total. The smallest absolute Gasteiger partial charge is 0.335 e. The number of carbonyl (C=O) groups is 2. The standard InChI is InChI=1S/C29H48O6/c1-5-6-7-8-23-9-11-24(12-10-23)25-13-14-27(20(2)15-25)26(18-34-28(32)21(3)16-30)19-35-29(33)22(4)17-31/h20,23-27,30-31H,3-19H2,1-2H3. The number of rotatable bonds is 14. The fraction of sp³-hybridized carbons (Fsp3) is 0.793. The van der Waals surface area contributed by atoms with Gasteiger partial charge in [0.2, 0.25) is 0 Å². The van der Waals surface area contributed by atoms with Gasteiger partial charge in [-0.3, -0.25) is 0 Å². The summed E-state index contributed by atoms with van der Waals surface area (Å²) in [7, 11) is 0. The minimum Gasteiger partial charge on any atom is -0.462 e. The van der Waals surface area contributed by atoms with Crippen LogP contribution in [0.4, 0.5) is 0 Å². The van der Waals surface area contributed by atoms with Crippen LogP contribution in [0, 0.1) is 35.5 Å². The predicted molar refractivity (Wildman–Crippen MR) is 137 cm³/mol. The Hall–Kier alpha value is -1.66. The van der Waals surface area contributed by atoms with Gasteiger partial charge < -0.3 is 19.7 Å². The molecule has 2 saturated carbocycles. The minimum absolute atomic E-state index is 0.0106. The van der Waals surface area contributed by atoms with E-state index in [-0.39, 0.29) is 36.2 Å². The molecule has 2 fully saturated rings. The second-order valence-electron chi connectivity index (χ2n) is 11.0. The molecule has 0 aliphatic heterocycles. The zero-order valence-corrected chi connectivity index (χ0v) is 22.0. The van der Waals surface area contributed by atoms with Gasteiger partial charge in [0, 0.05) is 5.92 Å². The molecule has 2 aliphatic rings. The monoisotopic (exact) mass is 492 g/mol. The highest BCUT2D eigenvalue weighted by atomic mass is 16.5. The number of aliphatic hydroxyl groups excluding tert-OH is 2. The molecule has 0 aromatic heterocycles. The molecule has 35 heavy (non-hydrogen) atoms. The van der Waals surface area contributed by atoms with Crippen LogP contribution in [-0.2, 0) is 19.1 Å². The quantitative estimate of drug-likeness (QED) is 0.196. The van der Waals surface area contributed by atoms with Crippen LogP contribution in [0.25, 0.3) is 0 Å². The lowest BCUT2D eigenvalue weighted by Gasteiger charge is -2.43. The number of hydrogen-bond donors (Lipinski definition) is 2. The van der Waals surface area contributed by atoms with Gasteiger partial charge in [-0.05, 0) is 61.7 Å². The maximum Gasteiger partial charge on any atom is 0.335 e. The van der Waals surface area contributed by atoms with Crippen molar-refractivity contribution in [2.45, 2.75) is 84.5 Å². The van der Waals surface area contributed by atoms with Crippen LogP contribution >= 0.6 is 0 Å². The Balaban J connectivity index is 1.92. The highest BCUT2D eigenvalue weighted by molar-refractivity contribution is 5.88. The number of hydrogen-bond acceptors (Lipinski definition) is 6. The average Bonchev–Trinajstić information content (AvgIpc) is 2.88. The lowest BCUT2D eigenvalue weighted by atomic mass is 9.63. The Bertz CT molecular complexity index is 661. The molecule has 200 valence electrons. The molecule has 6 nitrogen and oxygen atoms in total. The normalized spacial score (nSPS) is 26.8. The Morgan fingerprint density at radius 1 is 0.857 bits per heavy atom. The number of aliphatic hydroxyl groups is 2. The molecule has 0 aromatic rings. The van der Waals surface area contributed by atoms with Crippen molar-refractivity contribution in [3.8, 4) is 0 Å². The summed E-state index contributed by atoms with van der Waals surface area (Å²) in [5.74, 6) is 1.78. The first kappa shape index (κ1) is 29.6. The minimum atomic E-state index is -0.624. The first-order valence-electron chi connectivity index (χ1n) is 13.7. The lowest BCUT2D eigenvalue weighted by Crippen LogP contribution is -2.37. The molecule has 0 radical (unpaired) electrons. The topological polar surface area (TPSA) is 93.1 Å². The molecule has 2 rings (SSSR count). The Kier molecular flexibility index (Phi) is 13.1. The third-order valence-electron chi connectivity index (χ3n) is 8.47. The van der Waals surface area contributed by atoms with Crippen molar-refractivity contribution in [2.75, 3.05) is 26.4 Å². The van der Waals surface area contributed by atoms with E-state index in [4.69, 9.17) is 19.7 Å². The van der Waals surface area contributed by atoms with Crippen LogP contribution in [0.5, 0.6) is 0 Å². The molecule has 6 heteroatoms. The van der Waals surface area contributed by atoms with Gasteiger partial charge >= 0.3 is 11.9 Å². The third kappa shape index (κ3) is 9.38. The summed E-state index contributed by atoms with van der Waals surface area (Å²) in [5.41, 5.74) is 0.0212. The molecule has 0 amide bonds. The number of carbonyl (C=O) groups excluding carboxylic acids is 2. The maximum absolute atomic E-state index is 12.1. The zero-order chi connectivity index (χ0) is 25.8. The molecule has 0 spiro atoms. The van der Waals surface area contributed by atoms with Crippen LogP contribution in [0.15, 0.2) is 24.3 Å². The molecule has 0 aromatic carbocycles. The van der Waals surface area contributed by atoms with E-state index in [0.29, 0.717) is 5.92 Å². The van der Waals surface area contributed by atoms with E-state index in [1.807, 2.05) is 0 Å². The van der Waals surface area contributed by atoms with Crippen molar-refractivity contribution in [2.24, 2.45) is 35.5 Å². The fourth-order valence-electron chi connectivity index (χ4n) is 6.22. The summed E-state index contributed by atoms with van der Waals surface area (Å²) in [5, 5.41) is 18.3. The van der Waals surface area contributed by atoms with Crippen molar-refractivity contribution in [3.63, 3.8) is 0 Å². The molecular weight excluding hydrogens is 444 g/mol. The SMILES string of the molecule is C=C(CO)C(=O)OCC(COC(=O)C(=C)CO)C1CCC(C2CCC(CCCCC)CC2)CC1C. The van der Waals surface area contributed by atoms with Crippen LogP contribution in [0.1, 0.15) is 84.5 Å². The van der Waals surface area contributed by atoms with E-state index in [1.54, 1.807) is 0 Å². The van der Waals surface area contributed by atoms with E-state index in [2.05, 4.69) is 27.0 Å². The molecule has 0 heterocycles. The van der Waals surface area contributed by atoms with Crippen molar-refractivity contribution >= 4 is 11.9 Å². The lowest BCUT2D eigenvalue weighted by molar-refractivity contribution is -0.147. The van der Waals surface area contributed by atoms with Crippen LogP contribution in [0.2, 0.25) is 0 Å². The highest BCUT2D eigenvalue weighted by Crippen LogP contribution is 2.46. The van der Waals surface area contributed by atoms with E-state index in [1.165, 1.54) is 51.4 Å². The molecule has 0 saturated heterocycles. The van der Waals surface area contributed by atoms with Gasteiger partial charge in [-0.25, -0.2) is 9.59 Å². The summed E-state index contributed by atoms with van der Waals surface area (Å²) in [6, 6.07) is 0. The van der Waals surface area contributed by atoms with Crippen molar-refractivity contribution in [3.05, 3.63) is 24.3 Å². The van der Waals surface area contributed by atoms with Gasteiger partial charge in [-0.1, -0.05) is 65.5 Å². The summed E-state index contributed by atoms with van der Waals surface area (Å²) < 4.78 is 10.8. The molecular formula is C29H48O6. The van der Waals surface area contributed by atoms with E-state index in [9.17, 15) is 9.59 Å². The Morgan fingerprint density at radius 3 is 1.89 bits per heavy atom. The van der Waals surface area contributed by atoms with Crippen LogP contribution in [0.3, 0.4) is 0 Å². The first-order chi connectivity index (χ1) is 16.8. The highest BCUT2D eigenvalue weighted by Gasteiger charge is 2.38. The summed E-state index contributed by atoms with van der Waals surface area (Å²) in [6.45, 7) is 10.9. The van der Waals surface area contributed by atoms with E-state index in [0.717, 1.165) is 37.0 Å². The molecule has 3 atom stereocenters. The van der Waals surface area contributed by atoms with Gasteiger partial charge in [0.15, 0.2) is 0 Å². The van der Waals surface area contributed by atoms with Crippen molar-refractivity contribution < 1.29 is 29.3 Å². The number of esters is 2. The second-order valence-corrected chi connectivity index (χ2v) is 11.0. The van der Waals surface area contributed by atoms with Gasteiger partial charge in [0.1, 0.15) is 0 Å². The Labute approximate surface area is 212 Å². The van der Waals surface area contributed by atoms with Crippen LogP contribution in [-0.4, -0.2) is 48.6 Å². The summed E-state index contributed by atoms with van der Waals surface area (Å²) >= 11 is 0. The zero-order valence-electron chi connectivity index (χ0n) is 22.0.